The van der Waals surface area contributed by atoms with Crippen molar-refractivity contribution in [3.05, 3.63) is 54.9 Å². The second-order valence-corrected chi connectivity index (χ2v) is 6.19. The van der Waals surface area contributed by atoms with Gasteiger partial charge in [0.05, 0.1) is 25.7 Å². The number of carbonyl (C=O) groups excluding carboxylic acids is 1. The van der Waals surface area contributed by atoms with Crippen LogP contribution in [-0.4, -0.2) is 36.0 Å². The van der Waals surface area contributed by atoms with Crippen LogP contribution in [0.2, 0.25) is 0 Å². The fourth-order valence-corrected chi connectivity index (χ4v) is 3.09. The van der Waals surface area contributed by atoms with Crippen LogP contribution < -0.4 is 19.5 Å². The van der Waals surface area contributed by atoms with E-state index in [9.17, 15) is 4.79 Å². The lowest BCUT2D eigenvalue weighted by Gasteiger charge is -2.11. The van der Waals surface area contributed by atoms with Gasteiger partial charge in [-0.3, -0.25) is 4.79 Å². The van der Waals surface area contributed by atoms with Crippen LogP contribution in [0.1, 0.15) is 0 Å². The van der Waals surface area contributed by atoms with Crippen molar-refractivity contribution in [1.82, 2.24) is 10.1 Å². The molecule has 0 saturated heterocycles. The fourth-order valence-electron chi connectivity index (χ4n) is 2.35. The summed E-state index contributed by atoms with van der Waals surface area (Å²) in [6, 6.07) is 15.0. The maximum Gasteiger partial charge on any atom is 0.385 e. The van der Waals surface area contributed by atoms with Gasteiger partial charge in [-0.05, 0) is 41.0 Å². The molecule has 3 aromatic rings. The van der Waals surface area contributed by atoms with Gasteiger partial charge in [-0.1, -0.05) is 18.2 Å². The minimum Gasteiger partial charge on any atom is -0.497 e. The normalized spacial score (nSPS) is 10.4. The third kappa shape index (κ3) is 4.15. The third-order valence-corrected chi connectivity index (χ3v) is 4.53. The lowest BCUT2D eigenvalue weighted by Crippen LogP contribution is -2.35. The van der Waals surface area contributed by atoms with E-state index in [2.05, 4.69) is 15.4 Å². The zero-order chi connectivity index (χ0) is 18.4. The largest absolute Gasteiger partial charge is 0.497 e. The van der Waals surface area contributed by atoms with Crippen LogP contribution in [0.25, 0.3) is 5.69 Å². The Labute approximate surface area is 155 Å². The molecule has 0 aliphatic carbocycles. The molecule has 8 heteroatoms. The predicted octanol–water partition coefficient (Wildman–Crippen LogP) is 2.43. The number of thioether (sulfide) groups is 1. The average Bonchev–Trinajstić information content (AvgIpc) is 3.15. The standard InChI is InChI=1S/C18H18N4O3S/c1-24-14-8-9-16(25-2)15(10-14)21-17(23)11-26-18-19-12-20-22(18)13-6-4-3-5-7-13/h3-10,12H,11H2,1-2H3,(H,21,23)/p+1. The molecule has 0 aliphatic heterocycles. The molecule has 3 rings (SSSR count). The molecular weight excluding hydrogens is 352 g/mol. The highest BCUT2D eigenvalue weighted by Gasteiger charge is 2.19. The number of H-pyrrole nitrogens is 1. The summed E-state index contributed by atoms with van der Waals surface area (Å²) in [5.41, 5.74) is 1.51. The monoisotopic (exact) mass is 371 g/mol. The van der Waals surface area contributed by atoms with Gasteiger partial charge in [0.1, 0.15) is 11.5 Å². The number of anilines is 1. The number of amides is 1. The fraction of sp³-hybridized carbons (Fsp3) is 0.167. The third-order valence-electron chi connectivity index (χ3n) is 3.58. The first-order valence-electron chi connectivity index (χ1n) is 7.87. The topological polar surface area (TPSA) is 80.1 Å². The number of hydrogen-bond acceptors (Lipinski definition) is 5. The zero-order valence-electron chi connectivity index (χ0n) is 14.4. The quantitative estimate of drug-likeness (QED) is 0.493. The van der Waals surface area contributed by atoms with Gasteiger partial charge in [0.15, 0.2) is 5.69 Å². The van der Waals surface area contributed by atoms with E-state index in [0.717, 1.165) is 5.69 Å². The molecule has 134 valence electrons. The van der Waals surface area contributed by atoms with E-state index in [1.54, 1.807) is 38.7 Å². The number of aromatic amines is 1. The summed E-state index contributed by atoms with van der Waals surface area (Å²) in [6.07, 6.45) is 1.60. The molecule has 7 nitrogen and oxygen atoms in total. The number of hydrogen-bond donors (Lipinski definition) is 2. The first kappa shape index (κ1) is 17.8. The second-order valence-electron chi connectivity index (χ2n) is 5.24. The maximum absolute atomic E-state index is 12.3. The Bertz CT molecular complexity index is 883. The Morgan fingerprint density at radius 1 is 1.19 bits per heavy atom. The molecule has 1 heterocycles. The van der Waals surface area contributed by atoms with Crippen molar-refractivity contribution in [1.29, 1.82) is 0 Å². The van der Waals surface area contributed by atoms with Crippen molar-refractivity contribution in [2.24, 2.45) is 0 Å². The number of benzene rings is 2. The van der Waals surface area contributed by atoms with Gasteiger partial charge in [-0.15, -0.1) is 4.68 Å². The molecule has 0 radical (unpaired) electrons. The molecule has 1 amide bonds. The van der Waals surface area contributed by atoms with Crippen molar-refractivity contribution in [2.75, 3.05) is 25.3 Å². The van der Waals surface area contributed by atoms with E-state index in [-0.39, 0.29) is 11.7 Å². The molecule has 0 unspecified atom stereocenters. The number of ether oxygens (including phenoxy) is 2. The Morgan fingerprint density at radius 3 is 2.73 bits per heavy atom. The van der Waals surface area contributed by atoms with E-state index in [4.69, 9.17) is 9.47 Å². The van der Waals surface area contributed by atoms with Crippen LogP contribution in [0.3, 0.4) is 0 Å². The van der Waals surface area contributed by atoms with Crippen molar-refractivity contribution < 1.29 is 19.0 Å². The number of aromatic nitrogens is 3. The van der Waals surface area contributed by atoms with E-state index < -0.39 is 0 Å². The van der Waals surface area contributed by atoms with Crippen molar-refractivity contribution in [2.45, 2.75) is 5.16 Å². The molecule has 26 heavy (non-hydrogen) atoms. The second kappa shape index (κ2) is 8.39. The number of carbonyl (C=O) groups is 1. The van der Waals surface area contributed by atoms with Crippen molar-refractivity contribution in [3.63, 3.8) is 0 Å². The Kier molecular flexibility index (Phi) is 5.75. The Hall–Kier alpha value is -3.00. The number of rotatable bonds is 7. The van der Waals surface area contributed by atoms with E-state index in [1.165, 1.54) is 11.8 Å². The highest BCUT2D eigenvalue weighted by molar-refractivity contribution is 7.99. The minimum atomic E-state index is -0.163. The van der Waals surface area contributed by atoms with Crippen LogP contribution in [0, 0.1) is 0 Å². The molecule has 0 fully saturated rings. The summed E-state index contributed by atoms with van der Waals surface area (Å²) in [4.78, 5) is 16.6. The van der Waals surface area contributed by atoms with Gasteiger partial charge in [0, 0.05) is 6.07 Å². The summed E-state index contributed by atoms with van der Waals surface area (Å²) in [6.45, 7) is 0. The molecule has 0 aliphatic rings. The summed E-state index contributed by atoms with van der Waals surface area (Å²) in [7, 11) is 3.13. The first-order chi connectivity index (χ1) is 12.7. The molecule has 1 aromatic heterocycles. The molecule has 2 aromatic carbocycles. The minimum absolute atomic E-state index is 0.163. The van der Waals surface area contributed by atoms with Gasteiger partial charge in [-0.2, -0.15) is 5.10 Å². The first-order valence-corrected chi connectivity index (χ1v) is 8.85. The van der Waals surface area contributed by atoms with E-state index in [0.29, 0.717) is 22.3 Å². The molecular formula is C18H19N4O3S+. The van der Waals surface area contributed by atoms with Crippen LogP contribution in [0.4, 0.5) is 5.69 Å². The Balaban J connectivity index is 1.67. The van der Waals surface area contributed by atoms with Crippen LogP contribution >= 0.6 is 11.8 Å². The summed E-state index contributed by atoms with van der Waals surface area (Å²) in [5, 5.41) is 6.59. The number of nitrogens with zero attached hydrogens (tertiary/aromatic N) is 2. The highest BCUT2D eigenvalue weighted by Crippen LogP contribution is 2.29. The summed E-state index contributed by atoms with van der Waals surface area (Å²) in [5.74, 6) is 1.26. The lowest BCUT2D eigenvalue weighted by atomic mass is 10.2. The molecule has 0 spiro atoms. The number of methoxy groups -OCH3 is 2. The zero-order valence-corrected chi connectivity index (χ0v) is 15.2. The van der Waals surface area contributed by atoms with Crippen LogP contribution in [-0.2, 0) is 4.79 Å². The lowest BCUT2D eigenvalue weighted by molar-refractivity contribution is -0.694. The van der Waals surface area contributed by atoms with Crippen LogP contribution in [0.5, 0.6) is 11.5 Å². The predicted molar refractivity (Wildman–Crippen MR) is 99.0 cm³/mol. The SMILES string of the molecule is COc1ccc(OC)c(NC(=O)CSc2nc[nH][n+]2-c2ccccc2)c1. The molecule has 0 bridgehead atoms. The van der Waals surface area contributed by atoms with Gasteiger partial charge < -0.3 is 14.8 Å². The maximum atomic E-state index is 12.3. The van der Waals surface area contributed by atoms with Gasteiger partial charge in [0.2, 0.25) is 12.2 Å². The smallest absolute Gasteiger partial charge is 0.385 e. The van der Waals surface area contributed by atoms with Crippen molar-refractivity contribution >= 4 is 23.4 Å². The molecule has 0 atom stereocenters. The van der Waals surface area contributed by atoms with Gasteiger partial charge >= 0.3 is 5.16 Å². The number of para-hydroxylation sites is 1. The molecule has 2 N–H and O–H groups in total. The summed E-state index contributed by atoms with van der Waals surface area (Å²) >= 11 is 1.34. The number of nitrogens with one attached hydrogen (secondary N) is 2. The van der Waals surface area contributed by atoms with E-state index >= 15 is 0 Å². The van der Waals surface area contributed by atoms with E-state index in [1.807, 2.05) is 35.0 Å². The average molecular weight is 371 g/mol. The summed E-state index contributed by atoms with van der Waals surface area (Å²) < 4.78 is 12.3. The Morgan fingerprint density at radius 2 is 2.00 bits per heavy atom. The highest BCUT2D eigenvalue weighted by atomic mass is 32.2. The van der Waals surface area contributed by atoms with Gasteiger partial charge in [-0.25, -0.2) is 0 Å². The van der Waals surface area contributed by atoms with Gasteiger partial charge in [0.25, 0.3) is 0 Å². The van der Waals surface area contributed by atoms with Crippen LogP contribution in [0.15, 0.2) is 60.0 Å². The molecule has 0 saturated carbocycles. The van der Waals surface area contributed by atoms with Crippen molar-refractivity contribution in [3.8, 4) is 17.2 Å².